The number of nitrogens with one attached hydrogen (secondary N) is 1. The molecule has 9 heteroatoms. The zero-order valence-corrected chi connectivity index (χ0v) is 16.4. The number of aryl methyl sites for hydroxylation is 2. The fourth-order valence-electron chi connectivity index (χ4n) is 2.73. The second-order valence-electron chi connectivity index (χ2n) is 6.75. The highest BCUT2D eigenvalue weighted by atomic mass is 16.2. The maximum Gasteiger partial charge on any atom is 0.334 e. The summed E-state index contributed by atoms with van der Waals surface area (Å²) in [4.78, 5) is 63.1. The summed E-state index contributed by atoms with van der Waals surface area (Å²) in [5.74, 6) is -2.99. The molecule has 28 heavy (non-hydrogen) atoms. The molecular weight excluding hydrogens is 364 g/mol. The van der Waals surface area contributed by atoms with E-state index >= 15 is 0 Å². The van der Waals surface area contributed by atoms with Crippen molar-refractivity contribution in [1.29, 1.82) is 0 Å². The minimum Gasteiger partial charge on any atom is -0.335 e. The van der Waals surface area contributed by atoms with Crippen molar-refractivity contribution in [2.75, 3.05) is 32.0 Å². The number of rotatable bonds is 7. The third-order valence-electron chi connectivity index (χ3n) is 4.35. The molecule has 1 aliphatic heterocycles. The predicted molar refractivity (Wildman–Crippen MR) is 101 cm³/mol. The molecule has 1 aromatic carbocycles. The molecule has 0 radical (unpaired) electrons. The number of nitrogens with zero attached hydrogens (tertiary/aromatic N) is 3. The van der Waals surface area contributed by atoms with Gasteiger partial charge in [-0.15, -0.1) is 0 Å². The van der Waals surface area contributed by atoms with Crippen LogP contribution in [0.1, 0.15) is 24.5 Å². The number of hydrogen-bond donors (Lipinski definition) is 1. The van der Waals surface area contributed by atoms with E-state index in [1.54, 1.807) is 6.92 Å². The lowest BCUT2D eigenvalue weighted by Crippen LogP contribution is -2.44. The van der Waals surface area contributed by atoms with Gasteiger partial charge in [0.15, 0.2) is 0 Å². The molecule has 150 valence electrons. The van der Waals surface area contributed by atoms with E-state index < -0.39 is 36.2 Å². The quantitative estimate of drug-likeness (QED) is 0.552. The van der Waals surface area contributed by atoms with Crippen LogP contribution in [-0.4, -0.2) is 71.0 Å². The molecule has 0 aromatic heterocycles. The fourth-order valence-corrected chi connectivity index (χ4v) is 2.73. The summed E-state index contributed by atoms with van der Waals surface area (Å²) >= 11 is 0. The monoisotopic (exact) mass is 388 g/mol. The lowest BCUT2D eigenvalue weighted by atomic mass is 10.1. The Bertz CT molecular complexity index is 836. The van der Waals surface area contributed by atoms with Gasteiger partial charge in [0.25, 0.3) is 0 Å². The lowest BCUT2D eigenvalue weighted by molar-refractivity contribution is -0.145. The van der Waals surface area contributed by atoms with Gasteiger partial charge in [-0.2, -0.15) is 0 Å². The lowest BCUT2D eigenvalue weighted by Gasteiger charge is -2.20. The molecule has 0 unspecified atom stereocenters. The van der Waals surface area contributed by atoms with Crippen molar-refractivity contribution >= 4 is 35.3 Å². The van der Waals surface area contributed by atoms with Gasteiger partial charge in [0, 0.05) is 19.3 Å². The molecule has 9 nitrogen and oxygen atoms in total. The molecule has 6 amide bonds. The fraction of sp³-hybridized carbons (Fsp3) is 0.421. The Morgan fingerprint density at radius 3 is 2.36 bits per heavy atom. The Kier molecular flexibility index (Phi) is 6.50. The summed E-state index contributed by atoms with van der Waals surface area (Å²) in [6, 6.07) is 4.82. The van der Waals surface area contributed by atoms with Crippen LogP contribution in [0.4, 0.5) is 10.5 Å². The van der Waals surface area contributed by atoms with E-state index in [2.05, 4.69) is 5.32 Å². The normalized spacial score (nSPS) is 13.9. The molecule has 1 N–H and O–H groups in total. The minimum atomic E-state index is -1.03. The summed E-state index contributed by atoms with van der Waals surface area (Å²) in [6.07, 6.45) is 0.505. The van der Waals surface area contributed by atoms with Crippen LogP contribution in [-0.2, 0) is 19.2 Å². The number of likely N-dealkylation sites (N-methyl/N-ethyl adjacent to an activating group) is 1. The molecule has 0 bridgehead atoms. The second kappa shape index (κ2) is 8.64. The van der Waals surface area contributed by atoms with E-state index in [0.717, 1.165) is 20.9 Å². The summed E-state index contributed by atoms with van der Waals surface area (Å²) in [7, 11) is 1.39. The molecule has 0 spiro atoms. The van der Waals surface area contributed by atoms with Crippen molar-refractivity contribution in [1.82, 2.24) is 14.7 Å². The highest BCUT2D eigenvalue weighted by Gasteiger charge is 2.44. The third kappa shape index (κ3) is 4.54. The summed E-state index contributed by atoms with van der Waals surface area (Å²) in [6.45, 7) is 4.79. The number of carbonyl (C=O) groups excluding carboxylic acids is 5. The van der Waals surface area contributed by atoms with Gasteiger partial charge in [-0.3, -0.25) is 24.1 Å². The second-order valence-corrected chi connectivity index (χ2v) is 6.75. The Balaban J connectivity index is 1.96. The average molecular weight is 388 g/mol. The number of carbonyl (C=O) groups is 5. The van der Waals surface area contributed by atoms with Crippen LogP contribution < -0.4 is 5.32 Å². The molecule has 0 aliphatic carbocycles. The maximum absolute atomic E-state index is 12.3. The zero-order valence-electron chi connectivity index (χ0n) is 16.4. The number of imide groups is 2. The molecule has 1 fully saturated rings. The van der Waals surface area contributed by atoms with Crippen molar-refractivity contribution in [3.63, 3.8) is 0 Å². The van der Waals surface area contributed by atoms with Gasteiger partial charge in [-0.05, 0) is 37.5 Å². The van der Waals surface area contributed by atoms with E-state index in [9.17, 15) is 24.0 Å². The van der Waals surface area contributed by atoms with E-state index in [0.29, 0.717) is 17.0 Å². The van der Waals surface area contributed by atoms with Gasteiger partial charge < -0.3 is 10.2 Å². The standard InChI is InChI=1S/C19H24N4O5/c1-5-8-22-17(26)18(27)23(19(22)28)11-16(25)21(4)10-15(24)20-14-9-12(2)6-7-13(14)3/h6-7,9H,5,8,10-11H2,1-4H3,(H,20,24). The van der Waals surface area contributed by atoms with E-state index in [1.807, 2.05) is 32.0 Å². The van der Waals surface area contributed by atoms with Crippen molar-refractivity contribution in [2.45, 2.75) is 27.2 Å². The average Bonchev–Trinajstić information content (AvgIpc) is 2.83. The van der Waals surface area contributed by atoms with E-state index in [4.69, 9.17) is 0 Å². The summed E-state index contributed by atoms with van der Waals surface area (Å²) in [5, 5.41) is 2.74. The van der Waals surface area contributed by atoms with Crippen LogP contribution in [0.5, 0.6) is 0 Å². The third-order valence-corrected chi connectivity index (χ3v) is 4.35. The van der Waals surface area contributed by atoms with Gasteiger partial charge >= 0.3 is 17.8 Å². The Hall–Kier alpha value is -3.23. The highest BCUT2D eigenvalue weighted by Crippen LogP contribution is 2.16. The van der Waals surface area contributed by atoms with Crippen LogP contribution in [0.2, 0.25) is 0 Å². The summed E-state index contributed by atoms with van der Waals surface area (Å²) < 4.78 is 0. The summed E-state index contributed by atoms with van der Waals surface area (Å²) in [5.41, 5.74) is 2.52. The van der Waals surface area contributed by atoms with Crippen LogP contribution in [0.15, 0.2) is 18.2 Å². The first kappa shape index (κ1) is 21.1. The SMILES string of the molecule is CCCN1C(=O)C(=O)N(CC(=O)N(C)CC(=O)Nc2cc(C)ccc2C)C1=O. The predicted octanol–water partition coefficient (Wildman–Crippen LogP) is 0.901. The molecule has 1 aromatic rings. The van der Waals surface area contributed by atoms with Gasteiger partial charge in [-0.1, -0.05) is 19.1 Å². The van der Waals surface area contributed by atoms with Crippen LogP contribution in [0.3, 0.4) is 0 Å². The first-order valence-electron chi connectivity index (χ1n) is 8.94. The number of benzene rings is 1. The smallest absolute Gasteiger partial charge is 0.334 e. The Labute approximate surface area is 163 Å². The highest BCUT2D eigenvalue weighted by molar-refractivity contribution is 6.45. The van der Waals surface area contributed by atoms with Gasteiger partial charge in [0.1, 0.15) is 6.54 Å². The Morgan fingerprint density at radius 1 is 1.07 bits per heavy atom. The van der Waals surface area contributed by atoms with Gasteiger partial charge in [-0.25, -0.2) is 9.69 Å². The maximum atomic E-state index is 12.3. The molecule has 0 saturated carbocycles. The number of amides is 6. The molecule has 0 atom stereocenters. The molecule has 1 aliphatic rings. The number of urea groups is 1. The van der Waals surface area contributed by atoms with Crippen molar-refractivity contribution in [3.05, 3.63) is 29.3 Å². The first-order chi connectivity index (χ1) is 13.1. The van der Waals surface area contributed by atoms with Gasteiger partial charge in [0.05, 0.1) is 6.54 Å². The van der Waals surface area contributed by atoms with E-state index in [1.165, 1.54) is 7.05 Å². The molecule has 2 rings (SSSR count). The van der Waals surface area contributed by atoms with Crippen molar-refractivity contribution < 1.29 is 24.0 Å². The molecule has 1 saturated heterocycles. The van der Waals surface area contributed by atoms with E-state index in [-0.39, 0.29) is 13.1 Å². The number of anilines is 1. The van der Waals surface area contributed by atoms with Crippen LogP contribution in [0, 0.1) is 13.8 Å². The first-order valence-corrected chi connectivity index (χ1v) is 8.94. The zero-order chi connectivity index (χ0) is 21.0. The van der Waals surface area contributed by atoms with Gasteiger partial charge in [0.2, 0.25) is 11.8 Å². The largest absolute Gasteiger partial charge is 0.335 e. The topological polar surface area (TPSA) is 107 Å². The van der Waals surface area contributed by atoms with Crippen LogP contribution in [0.25, 0.3) is 0 Å². The van der Waals surface area contributed by atoms with Crippen molar-refractivity contribution in [3.8, 4) is 0 Å². The molecule has 1 heterocycles. The molecular formula is C19H24N4O5. The Morgan fingerprint density at radius 2 is 1.71 bits per heavy atom. The minimum absolute atomic E-state index is 0.113. The van der Waals surface area contributed by atoms with Crippen LogP contribution >= 0.6 is 0 Å². The van der Waals surface area contributed by atoms with Crippen molar-refractivity contribution in [2.24, 2.45) is 0 Å². The number of hydrogen-bond acceptors (Lipinski definition) is 5.